The van der Waals surface area contributed by atoms with Crippen LogP contribution < -0.4 is 14.2 Å². The zero-order chi connectivity index (χ0) is 23.4. The van der Waals surface area contributed by atoms with Gasteiger partial charge >= 0.3 is 5.97 Å². The zero-order valence-corrected chi connectivity index (χ0v) is 21.0. The average molecular weight is 508 g/mol. The van der Waals surface area contributed by atoms with Crippen molar-refractivity contribution in [1.29, 1.82) is 0 Å². The quantitative estimate of drug-likeness (QED) is 0.494. The van der Waals surface area contributed by atoms with Crippen molar-refractivity contribution in [2.24, 2.45) is 5.92 Å². The summed E-state index contributed by atoms with van der Waals surface area (Å²) in [5.41, 5.74) is 3.19. The Kier molecular flexibility index (Phi) is 9.11. The number of nitrogens with zero attached hydrogens (tertiary/aromatic N) is 1. The number of aliphatic carboxylic acids is 1. The Morgan fingerprint density at radius 1 is 1.21 bits per heavy atom. The summed E-state index contributed by atoms with van der Waals surface area (Å²) in [5, 5.41) is 9.73. The van der Waals surface area contributed by atoms with E-state index in [2.05, 4.69) is 11.0 Å². The van der Waals surface area contributed by atoms with E-state index in [1.54, 1.807) is 0 Å². The molecule has 0 unspecified atom stereocenters. The molecule has 8 heteroatoms. The number of likely N-dealkylation sites (tertiary alicyclic amines) is 1. The van der Waals surface area contributed by atoms with Crippen LogP contribution in [0.1, 0.15) is 37.8 Å². The minimum absolute atomic E-state index is 0. The predicted molar refractivity (Wildman–Crippen MR) is 136 cm³/mol. The van der Waals surface area contributed by atoms with Crippen molar-refractivity contribution in [3.05, 3.63) is 58.1 Å². The highest BCUT2D eigenvalue weighted by molar-refractivity contribution is 6.32. The number of piperidine rings is 1. The maximum absolute atomic E-state index is 11.1. The second-order valence-corrected chi connectivity index (χ2v) is 9.31. The second kappa shape index (κ2) is 11.8. The lowest BCUT2D eigenvalue weighted by Gasteiger charge is -2.31. The number of fused-ring (bicyclic) bond motifs is 1. The van der Waals surface area contributed by atoms with E-state index in [4.69, 9.17) is 30.9 Å². The number of hydrogen-bond donors (Lipinski definition) is 1. The molecule has 0 saturated carbocycles. The monoisotopic (exact) mass is 507 g/mol. The fourth-order valence-corrected chi connectivity index (χ4v) is 4.40. The van der Waals surface area contributed by atoms with Gasteiger partial charge in [-0.15, -0.1) is 12.4 Å². The molecule has 0 amide bonds. The molecule has 1 N–H and O–H groups in total. The van der Waals surface area contributed by atoms with Gasteiger partial charge in [-0.1, -0.05) is 17.7 Å². The molecule has 0 bridgehead atoms. The standard InChI is InChI=1S/C26H30ClNO5.ClH/c1-17(2)33-24-6-3-18(12-23(24)27)15-31-22-5-4-21-11-19(16-32-25(21)13-22)14-28-9-7-20(8-10-28)26(29)30;/h3-6,11-13,17,20H,7-10,14-16H2,1-2H3,(H,29,30);1H. The highest BCUT2D eigenvalue weighted by Crippen LogP contribution is 2.32. The number of ether oxygens (including phenoxy) is 3. The molecular weight excluding hydrogens is 477 g/mol. The minimum atomic E-state index is -0.679. The Balaban J connectivity index is 0.00000324. The molecule has 0 radical (unpaired) electrons. The van der Waals surface area contributed by atoms with Crippen LogP contribution in [-0.4, -0.2) is 48.3 Å². The van der Waals surface area contributed by atoms with Gasteiger partial charge in [-0.05, 0) is 81.3 Å². The fraction of sp³-hybridized carbons (Fsp3) is 0.423. The number of carboxylic acids is 1. The summed E-state index contributed by atoms with van der Waals surface area (Å²) in [7, 11) is 0. The van der Waals surface area contributed by atoms with Crippen LogP contribution in [-0.2, 0) is 11.4 Å². The second-order valence-electron chi connectivity index (χ2n) is 8.90. The SMILES string of the molecule is CC(C)Oc1ccc(COc2ccc3c(c2)OCC(CN2CCC(C(=O)O)CC2)=C3)cc1Cl.Cl. The van der Waals surface area contributed by atoms with Crippen molar-refractivity contribution < 1.29 is 24.1 Å². The molecule has 2 heterocycles. The molecule has 2 aromatic carbocycles. The third-order valence-corrected chi connectivity index (χ3v) is 6.18. The van der Waals surface area contributed by atoms with Gasteiger partial charge in [0.2, 0.25) is 0 Å². The van der Waals surface area contributed by atoms with Gasteiger partial charge in [0.05, 0.1) is 17.0 Å². The number of carboxylic acid groups (broad SMARTS) is 1. The number of hydrogen-bond acceptors (Lipinski definition) is 5. The molecule has 184 valence electrons. The molecule has 34 heavy (non-hydrogen) atoms. The molecular formula is C26H31Cl2NO5. The molecule has 4 rings (SSSR count). The van der Waals surface area contributed by atoms with Crippen molar-refractivity contribution in [3.8, 4) is 17.2 Å². The Labute approximate surface area is 211 Å². The lowest BCUT2D eigenvalue weighted by molar-refractivity contribution is -0.143. The molecule has 1 saturated heterocycles. The number of benzene rings is 2. The zero-order valence-electron chi connectivity index (χ0n) is 19.5. The first-order valence-corrected chi connectivity index (χ1v) is 11.7. The van der Waals surface area contributed by atoms with Gasteiger partial charge in [-0.3, -0.25) is 9.69 Å². The predicted octanol–water partition coefficient (Wildman–Crippen LogP) is 5.70. The number of rotatable bonds is 8. The van der Waals surface area contributed by atoms with E-state index in [1.807, 2.05) is 50.2 Å². The maximum Gasteiger partial charge on any atom is 0.306 e. The van der Waals surface area contributed by atoms with E-state index in [1.165, 1.54) is 5.57 Å². The van der Waals surface area contributed by atoms with Gasteiger partial charge < -0.3 is 19.3 Å². The number of carbonyl (C=O) groups is 1. The van der Waals surface area contributed by atoms with E-state index < -0.39 is 5.97 Å². The van der Waals surface area contributed by atoms with Crippen molar-refractivity contribution in [2.45, 2.75) is 39.4 Å². The van der Waals surface area contributed by atoms with Crippen LogP contribution in [0.15, 0.2) is 42.0 Å². The summed E-state index contributed by atoms with van der Waals surface area (Å²) >= 11 is 6.32. The molecule has 6 nitrogen and oxygen atoms in total. The third kappa shape index (κ3) is 6.81. The van der Waals surface area contributed by atoms with Gasteiger partial charge in [-0.2, -0.15) is 0 Å². The molecule has 0 aliphatic carbocycles. The molecule has 2 aromatic rings. The molecule has 1 fully saturated rings. The van der Waals surface area contributed by atoms with Gasteiger partial charge in [0.25, 0.3) is 0 Å². The van der Waals surface area contributed by atoms with Crippen LogP contribution in [0.25, 0.3) is 6.08 Å². The van der Waals surface area contributed by atoms with E-state index >= 15 is 0 Å². The smallest absolute Gasteiger partial charge is 0.306 e. The molecule has 0 atom stereocenters. The number of halogens is 2. The lowest BCUT2D eigenvalue weighted by Crippen LogP contribution is -2.38. The normalized spacial score (nSPS) is 16.2. The van der Waals surface area contributed by atoms with E-state index in [-0.39, 0.29) is 24.4 Å². The Morgan fingerprint density at radius 2 is 1.97 bits per heavy atom. The van der Waals surface area contributed by atoms with E-state index in [9.17, 15) is 4.79 Å². The third-order valence-electron chi connectivity index (χ3n) is 5.89. The highest BCUT2D eigenvalue weighted by Gasteiger charge is 2.25. The Hall–Kier alpha value is -2.41. The summed E-state index contributed by atoms with van der Waals surface area (Å²) < 4.78 is 17.6. The summed E-state index contributed by atoms with van der Waals surface area (Å²) in [6.07, 6.45) is 3.65. The van der Waals surface area contributed by atoms with Crippen molar-refractivity contribution in [1.82, 2.24) is 4.90 Å². The first-order chi connectivity index (χ1) is 15.9. The summed E-state index contributed by atoms with van der Waals surface area (Å²) in [5.74, 6) is 1.33. The van der Waals surface area contributed by atoms with Gasteiger partial charge in [0, 0.05) is 18.2 Å². The van der Waals surface area contributed by atoms with Crippen LogP contribution in [0.3, 0.4) is 0 Å². The lowest BCUT2D eigenvalue weighted by atomic mass is 9.96. The Bertz CT molecular complexity index is 1030. The van der Waals surface area contributed by atoms with Crippen LogP contribution in [0.5, 0.6) is 17.2 Å². The van der Waals surface area contributed by atoms with E-state index in [0.717, 1.165) is 42.3 Å². The van der Waals surface area contributed by atoms with Gasteiger partial charge in [-0.25, -0.2) is 0 Å². The van der Waals surface area contributed by atoms with Crippen LogP contribution in [0, 0.1) is 5.92 Å². The topological polar surface area (TPSA) is 68.2 Å². The molecule has 0 spiro atoms. The maximum atomic E-state index is 11.1. The molecule has 2 aliphatic heterocycles. The minimum Gasteiger partial charge on any atom is -0.489 e. The van der Waals surface area contributed by atoms with Crippen LogP contribution >= 0.6 is 24.0 Å². The van der Waals surface area contributed by atoms with Crippen LogP contribution in [0.2, 0.25) is 5.02 Å². The molecule has 2 aliphatic rings. The van der Waals surface area contributed by atoms with E-state index in [0.29, 0.717) is 36.8 Å². The molecule has 0 aromatic heterocycles. The summed E-state index contributed by atoms with van der Waals surface area (Å²) in [6.45, 7) is 7.28. The van der Waals surface area contributed by atoms with Crippen molar-refractivity contribution in [3.63, 3.8) is 0 Å². The fourth-order valence-electron chi connectivity index (χ4n) is 4.15. The summed E-state index contributed by atoms with van der Waals surface area (Å²) in [6, 6.07) is 11.5. The van der Waals surface area contributed by atoms with Crippen LogP contribution in [0.4, 0.5) is 0 Å². The van der Waals surface area contributed by atoms with Gasteiger partial charge in [0.15, 0.2) is 0 Å². The first-order valence-electron chi connectivity index (χ1n) is 11.4. The van der Waals surface area contributed by atoms with Crippen molar-refractivity contribution >= 4 is 36.1 Å². The van der Waals surface area contributed by atoms with Crippen molar-refractivity contribution in [2.75, 3.05) is 26.2 Å². The van der Waals surface area contributed by atoms with Gasteiger partial charge in [0.1, 0.15) is 30.5 Å². The Morgan fingerprint density at radius 3 is 2.65 bits per heavy atom. The average Bonchev–Trinajstić information content (AvgIpc) is 2.79. The summed E-state index contributed by atoms with van der Waals surface area (Å²) in [4.78, 5) is 13.4. The largest absolute Gasteiger partial charge is 0.489 e. The first kappa shape index (κ1) is 26.2. The highest BCUT2D eigenvalue weighted by atomic mass is 35.5.